The smallest absolute Gasteiger partial charge is 0.300 e. The number of hydrogen-bond donors (Lipinski definition) is 0. The number of imidazole rings is 1. The van der Waals surface area contributed by atoms with E-state index in [1.807, 2.05) is 6.92 Å². The molecule has 4 heteroatoms. The highest BCUT2D eigenvalue weighted by molar-refractivity contribution is 6.29. The molecule has 1 heterocycles. The van der Waals surface area contributed by atoms with Crippen LogP contribution in [0.3, 0.4) is 0 Å². The van der Waals surface area contributed by atoms with Gasteiger partial charge in [-0.25, -0.2) is 4.79 Å². The SMILES string of the molecule is C=C(Cl)Cn1ccn(CC)c1=O. The highest BCUT2D eigenvalue weighted by Crippen LogP contribution is 1.99. The third-order valence-corrected chi connectivity index (χ3v) is 1.72. The van der Waals surface area contributed by atoms with Crippen LogP contribution in [-0.2, 0) is 13.1 Å². The van der Waals surface area contributed by atoms with E-state index in [1.54, 1.807) is 17.0 Å². The van der Waals surface area contributed by atoms with E-state index in [0.717, 1.165) is 0 Å². The standard InChI is InChI=1S/C8H11ClN2O/c1-3-10-4-5-11(8(10)12)6-7(2)9/h4-5H,2-3,6H2,1H3. The van der Waals surface area contributed by atoms with Crippen molar-refractivity contribution in [1.29, 1.82) is 0 Å². The van der Waals surface area contributed by atoms with E-state index in [9.17, 15) is 4.79 Å². The van der Waals surface area contributed by atoms with Gasteiger partial charge in [-0.2, -0.15) is 0 Å². The molecule has 0 saturated heterocycles. The Morgan fingerprint density at radius 1 is 1.58 bits per heavy atom. The number of halogens is 1. The predicted molar refractivity (Wildman–Crippen MR) is 49.4 cm³/mol. The summed E-state index contributed by atoms with van der Waals surface area (Å²) >= 11 is 5.57. The van der Waals surface area contributed by atoms with Gasteiger partial charge in [0.25, 0.3) is 0 Å². The van der Waals surface area contributed by atoms with Gasteiger partial charge in [-0.15, -0.1) is 0 Å². The van der Waals surface area contributed by atoms with Crippen LogP contribution in [0, 0.1) is 0 Å². The Bertz CT molecular complexity index is 337. The Labute approximate surface area is 75.9 Å². The van der Waals surface area contributed by atoms with Crippen LogP contribution >= 0.6 is 11.6 Å². The molecule has 0 aliphatic rings. The fourth-order valence-electron chi connectivity index (χ4n) is 0.999. The summed E-state index contributed by atoms with van der Waals surface area (Å²) in [5, 5.41) is 0.464. The van der Waals surface area contributed by atoms with E-state index in [1.165, 1.54) is 4.57 Å². The molecule has 0 N–H and O–H groups in total. The highest BCUT2D eigenvalue weighted by atomic mass is 35.5. The van der Waals surface area contributed by atoms with Gasteiger partial charge in [0.2, 0.25) is 0 Å². The maximum atomic E-state index is 11.4. The van der Waals surface area contributed by atoms with E-state index in [2.05, 4.69) is 6.58 Å². The van der Waals surface area contributed by atoms with Gasteiger partial charge in [-0.3, -0.25) is 9.13 Å². The Morgan fingerprint density at radius 2 is 2.17 bits per heavy atom. The first kappa shape index (κ1) is 9.13. The second kappa shape index (κ2) is 3.63. The maximum Gasteiger partial charge on any atom is 0.328 e. The maximum absolute atomic E-state index is 11.4. The Hall–Kier alpha value is -0.960. The van der Waals surface area contributed by atoms with Gasteiger partial charge in [-0.1, -0.05) is 18.2 Å². The van der Waals surface area contributed by atoms with Gasteiger partial charge in [0.05, 0.1) is 6.54 Å². The largest absolute Gasteiger partial charge is 0.328 e. The molecule has 1 aromatic heterocycles. The first-order chi connectivity index (χ1) is 5.65. The molecule has 0 aliphatic carbocycles. The molecule has 3 nitrogen and oxygen atoms in total. The normalized spacial score (nSPS) is 10.2. The fourth-order valence-corrected chi connectivity index (χ4v) is 1.13. The average Bonchev–Trinajstić information content (AvgIpc) is 2.32. The summed E-state index contributed by atoms with van der Waals surface area (Å²) < 4.78 is 3.14. The second-order valence-corrected chi connectivity index (χ2v) is 3.05. The molecule has 0 radical (unpaired) electrons. The fraction of sp³-hybridized carbons (Fsp3) is 0.375. The molecule has 0 unspecified atom stereocenters. The van der Waals surface area contributed by atoms with E-state index >= 15 is 0 Å². The van der Waals surface area contributed by atoms with Gasteiger partial charge in [0.15, 0.2) is 0 Å². The number of allylic oxidation sites excluding steroid dienone is 1. The van der Waals surface area contributed by atoms with E-state index in [0.29, 0.717) is 18.1 Å². The van der Waals surface area contributed by atoms with Gasteiger partial charge >= 0.3 is 5.69 Å². The molecule has 12 heavy (non-hydrogen) atoms. The van der Waals surface area contributed by atoms with Crippen molar-refractivity contribution in [3.8, 4) is 0 Å². The lowest BCUT2D eigenvalue weighted by Gasteiger charge is -1.97. The molecule has 1 rings (SSSR count). The van der Waals surface area contributed by atoms with E-state index in [4.69, 9.17) is 11.6 Å². The molecule has 0 amide bonds. The molecule has 1 aromatic rings. The van der Waals surface area contributed by atoms with Crippen molar-refractivity contribution in [3.63, 3.8) is 0 Å². The van der Waals surface area contributed by atoms with Gasteiger partial charge in [0, 0.05) is 24.0 Å². The molecule has 0 spiro atoms. The second-order valence-electron chi connectivity index (χ2n) is 2.51. The predicted octanol–water partition coefficient (Wildman–Crippen LogP) is 1.42. The van der Waals surface area contributed by atoms with E-state index in [-0.39, 0.29) is 5.69 Å². The van der Waals surface area contributed by atoms with Crippen LogP contribution in [0.1, 0.15) is 6.92 Å². The zero-order valence-corrected chi connectivity index (χ0v) is 7.71. The van der Waals surface area contributed by atoms with Gasteiger partial charge < -0.3 is 0 Å². The lowest BCUT2D eigenvalue weighted by Crippen LogP contribution is -2.23. The summed E-state index contributed by atoms with van der Waals surface area (Å²) in [6, 6.07) is 0. The number of aryl methyl sites for hydroxylation is 1. The minimum absolute atomic E-state index is 0.0423. The number of hydrogen-bond acceptors (Lipinski definition) is 1. The summed E-state index contributed by atoms with van der Waals surface area (Å²) in [6.45, 7) is 6.50. The zero-order valence-electron chi connectivity index (χ0n) is 6.96. The number of aromatic nitrogens is 2. The summed E-state index contributed by atoms with van der Waals surface area (Å²) in [7, 11) is 0. The molecular weight excluding hydrogens is 176 g/mol. The molecular formula is C8H11ClN2O. The molecule has 0 saturated carbocycles. The van der Waals surface area contributed by atoms with Gasteiger partial charge in [0.1, 0.15) is 0 Å². The molecule has 0 aromatic carbocycles. The Balaban J connectivity index is 2.95. The van der Waals surface area contributed by atoms with Crippen LogP contribution in [0.2, 0.25) is 0 Å². The van der Waals surface area contributed by atoms with Crippen molar-refractivity contribution in [2.24, 2.45) is 0 Å². The minimum Gasteiger partial charge on any atom is -0.300 e. The summed E-state index contributed by atoms with van der Waals surface area (Å²) in [4.78, 5) is 11.4. The first-order valence-corrected chi connectivity index (χ1v) is 4.11. The van der Waals surface area contributed by atoms with Crippen molar-refractivity contribution < 1.29 is 0 Å². The van der Waals surface area contributed by atoms with Gasteiger partial charge in [-0.05, 0) is 6.92 Å². The Kier molecular flexibility index (Phi) is 2.76. The summed E-state index contributed by atoms with van der Waals surface area (Å²) in [5.41, 5.74) is -0.0423. The quantitative estimate of drug-likeness (QED) is 0.702. The summed E-state index contributed by atoms with van der Waals surface area (Å²) in [5.74, 6) is 0. The molecule has 0 fully saturated rings. The van der Waals surface area contributed by atoms with Crippen molar-refractivity contribution in [1.82, 2.24) is 9.13 Å². The van der Waals surface area contributed by atoms with Crippen LogP contribution in [-0.4, -0.2) is 9.13 Å². The molecule has 0 atom stereocenters. The number of nitrogens with zero attached hydrogens (tertiary/aromatic N) is 2. The van der Waals surface area contributed by atoms with Crippen LogP contribution < -0.4 is 5.69 Å². The van der Waals surface area contributed by atoms with Crippen molar-refractivity contribution in [3.05, 3.63) is 34.5 Å². The van der Waals surface area contributed by atoms with Crippen LogP contribution in [0.25, 0.3) is 0 Å². The third-order valence-electron chi connectivity index (χ3n) is 1.60. The van der Waals surface area contributed by atoms with Crippen LogP contribution in [0.15, 0.2) is 28.8 Å². The highest BCUT2D eigenvalue weighted by Gasteiger charge is 2.00. The first-order valence-electron chi connectivity index (χ1n) is 3.74. The van der Waals surface area contributed by atoms with Crippen LogP contribution in [0.5, 0.6) is 0 Å². The van der Waals surface area contributed by atoms with Crippen molar-refractivity contribution in [2.75, 3.05) is 0 Å². The lowest BCUT2D eigenvalue weighted by molar-refractivity contribution is 0.672. The van der Waals surface area contributed by atoms with E-state index < -0.39 is 0 Å². The monoisotopic (exact) mass is 186 g/mol. The topological polar surface area (TPSA) is 26.9 Å². The molecule has 0 aliphatic heterocycles. The average molecular weight is 187 g/mol. The minimum atomic E-state index is -0.0423. The van der Waals surface area contributed by atoms with Crippen LogP contribution in [0.4, 0.5) is 0 Å². The number of rotatable bonds is 3. The molecule has 0 bridgehead atoms. The summed E-state index contributed by atoms with van der Waals surface area (Å²) in [6.07, 6.45) is 3.45. The third kappa shape index (κ3) is 1.80. The zero-order chi connectivity index (χ0) is 9.14. The molecule has 66 valence electrons. The lowest BCUT2D eigenvalue weighted by atomic mass is 10.6. The van der Waals surface area contributed by atoms with Crippen molar-refractivity contribution in [2.45, 2.75) is 20.0 Å². The Morgan fingerprint density at radius 3 is 2.58 bits per heavy atom. The van der Waals surface area contributed by atoms with Crippen molar-refractivity contribution >= 4 is 11.6 Å².